The van der Waals surface area contributed by atoms with Crippen LogP contribution in [0.2, 0.25) is 0 Å². The maximum absolute atomic E-state index is 13.4. The van der Waals surface area contributed by atoms with Crippen LogP contribution in [0.3, 0.4) is 0 Å². The molecule has 1 aromatic carbocycles. The molecule has 3 saturated heterocycles. The monoisotopic (exact) mass is 462 g/mol. The number of rotatable bonds is 4. The molecular formula is C23H21F3N2O5. The molecule has 3 heterocycles. The van der Waals surface area contributed by atoms with Gasteiger partial charge in [0.2, 0.25) is 11.8 Å². The van der Waals surface area contributed by atoms with Gasteiger partial charge >= 0.3 is 12.1 Å². The summed E-state index contributed by atoms with van der Waals surface area (Å²) in [4.78, 5) is 40.3. The second-order valence-corrected chi connectivity index (χ2v) is 9.74. The van der Waals surface area contributed by atoms with Gasteiger partial charge in [-0.05, 0) is 57.2 Å². The first-order valence-electron chi connectivity index (χ1n) is 10.8. The summed E-state index contributed by atoms with van der Waals surface area (Å²) < 4.78 is 51.9. The number of fused-ring (bicyclic) bond motifs is 5. The van der Waals surface area contributed by atoms with Crippen LogP contribution in [-0.2, 0) is 30.0 Å². The summed E-state index contributed by atoms with van der Waals surface area (Å²) in [6.07, 6.45) is -2.65. The number of esters is 1. The number of imide groups is 1. The predicted molar refractivity (Wildman–Crippen MR) is 105 cm³/mol. The van der Waals surface area contributed by atoms with Crippen LogP contribution in [0.15, 0.2) is 18.2 Å². The quantitative estimate of drug-likeness (QED) is 0.504. The minimum atomic E-state index is -4.83. The van der Waals surface area contributed by atoms with Crippen molar-refractivity contribution in [3.05, 3.63) is 29.3 Å². The number of carbonyl (C=O) groups is 3. The lowest BCUT2D eigenvalue weighted by atomic mass is 9.64. The van der Waals surface area contributed by atoms with Crippen molar-refractivity contribution in [2.75, 3.05) is 11.5 Å². The first-order valence-corrected chi connectivity index (χ1v) is 10.8. The maximum atomic E-state index is 13.4. The standard InChI is InChI=1S/C23H21F3N2O5/c1-21-8-15(20(31)32-10-11-3-4-11)22(2,33-21)17-16(21)18(29)28(19(17)30)13-6-5-12(9-27)14(7-13)23(24,25)26/h5-7,11,15-17H,3-4,8,10H2,1-2H3/t15-,16+,17-,21+,22-/m0/s1. The van der Waals surface area contributed by atoms with Crippen molar-refractivity contribution in [3.8, 4) is 6.07 Å². The van der Waals surface area contributed by atoms with Gasteiger partial charge < -0.3 is 9.47 Å². The predicted octanol–water partition coefficient (Wildman–Crippen LogP) is 3.20. The van der Waals surface area contributed by atoms with E-state index >= 15 is 0 Å². The molecule has 4 fully saturated rings. The van der Waals surface area contributed by atoms with Crippen LogP contribution in [0.1, 0.15) is 44.2 Å². The van der Waals surface area contributed by atoms with E-state index in [9.17, 15) is 27.6 Å². The number of nitrogens with zero attached hydrogens (tertiary/aromatic N) is 2. The molecule has 2 amide bonds. The topological polar surface area (TPSA) is 96.7 Å². The number of anilines is 1. The third-order valence-corrected chi connectivity index (χ3v) is 7.47. The average molecular weight is 462 g/mol. The summed E-state index contributed by atoms with van der Waals surface area (Å²) in [7, 11) is 0. The third-order valence-electron chi connectivity index (χ3n) is 7.47. The van der Waals surface area contributed by atoms with Crippen LogP contribution in [0, 0.1) is 35.0 Å². The maximum Gasteiger partial charge on any atom is 0.417 e. The molecule has 2 bridgehead atoms. The van der Waals surface area contributed by atoms with Gasteiger partial charge in [0.1, 0.15) is 0 Å². The van der Waals surface area contributed by atoms with E-state index in [0.717, 1.165) is 29.9 Å². The van der Waals surface area contributed by atoms with Crippen LogP contribution < -0.4 is 4.90 Å². The van der Waals surface area contributed by atoms with E-state index in [4.69, 9.17) is 14.7 Å². The lowest BCUT2D eigenvalue weighted by Crippen LogP contribution is -2.49. The smallest absolute Gasteiger partial charge is 0.417 e. The number of amides is 2. The van der Waals surface area contributed by atoms with Gasteiger partial charge in [-0.25, -0.2) is 4.90 Å². The van der Waals surface area contributed by atoms with Gasteiger partial charge in [-0.1, -0.05) is 0 Å². The molecule has 0 aromatic heterocycles. The fourth-order valence-corrected chi connectivity index (χ4v) is 5.72. The molecule has 174 valence electrons. The molecule has 0 radical (unpaired) electrons. The van der Waals surface area contributed by atoms with Crippen molar-refractivity contribution < 1.29 is 37.0 Å². The summed E-state index contributed by atoms with van der Waals surface area (Å²) in [5.41, 5.74) is -4.51. The summed E-state index contributed by atoms with van der Waals surface area (Å²) in [5.74, 6) is -4.21. The highest BCUT2D eigenvalue weighted by atomic mass is 19.4. The third kappa shape index (κ3) is 3.09. The number of halogens is 3. The first-order chi connectivity index (χ1) is 15.4. The van der Waals surface area contributed by atoms with Crippen molar-refractivity contribution in [2.24, 2.45) is 23.7 Å². The zero-order valence-electron chi connectivity index (χ0n) is 17.9. The second kappa shape index (κ2) is 6.79. The van der Waals surface area contributed by atoms with Crippen molar-refractivity contribution in [2.45, 2.75) is 50.5 Å². The van der Waals surface area contributed by atoms with Gasteiger partial charge in [0.05, 0.1) is 58.4 Å². The summed E-state index contributed by atoms with van der Waals surface area (Å²) >= 11 is 0. The van der Waals surface area contributed by atoms with E-state index in [-0.39, 0.29) is 12.1 Å². The van der Waals surface area contributed by atoms with E-state index in [2.05, 4.69) is 0 Å². The second-order valence-electron chi connectivity index (χ2n) is 9.74. The van der Waals surface area contributed by atoms with E-state index in [1.54, 1.807) is 13.8 Å². The minimum Gasteiger partial charge on any atom is -0.465 e. The van der Waals surface area contributed by atoms with Crippen molar-refractivity contribution in [1.82, 2.24) is 0 Å². The van der Waals surface area contributed by atoms with Crippen LogP contribution in [0.4, 0.5) is 18.9 Å². The lowest BCUT2D eigenvalue weighted by Gasteiger charge is -2.33. The number of carbonyl (C=O) groups excluding carboxylic acids is 3. The highest BCUT2D eigenvalue weighted by Gasteiger charge is 2.77. The molecule has 1 saturated carbocycles. The Balaban J connectivity index is 1.49. The van der Waals surface area contributed by atoms with Gasteiger partial charge in [-0.15, -0.1) is 0 Å². The molecule has 10 heteroatoms. The largest absolute Gasteiger partial charge is 0.465 e. The Morgan fingerprint density at radius 3 is 2.52 bits per heavy atom. The van der Waals surface area contributed by atoms with Gasteiger partial charge in [0.25, 0.3) is 0 Å². The number of hydrogen-bond acceptors (Lipinski definition) is 6. The Bertz CT molecular complexity index is 1120. The molecule has 0 N–H and O–H groups in total. The molecule has 33 heavy (non-hydrogen) atoms. The molecule has 1 aliphatic carbocycles. The van der Waals surface area contributed by atoms with Gasteiger partial charge in [0, 0.05) is 0 Å². The average Bonchev–Trinajstić information content (AvgIpc) is 3.41. The van der Waals surface area contributed by atoms with Crippen molar-refractivity contribution >= 4 is 23.5 Å². The Hall–Kier alpha value is -2.93. The number of benzene rings is 1. The Morgan fingerprint density at radius 2 is 1.91 bits per heavy atom. The normalized spacial score (nSPS) is 35.0. The highest BCUT2D eigenvalue weighted by molar-refractivity contribution is 6.23. The zero-order chi connectivity index (χ0) is 23.9. The Labute approximate surface area is 187 Å². The molecule has 4 aliphatic rings. The van der Waals surface area contributed by atoms with Crippen LogP contribution >= 0.6 is 0 Å². The fraction of sp³-hybridized carbons (Fsp3) is 0.565. The SMILES string of the molecule is C[C@]12O[C@](C)(C[C@H]1C(=O)OCC1CC1)[C@H]1C(=O)N(c3ccc(C#N)c(C(F)(F)F)c3)C(=O)[C@H]12. The number of alkyl halides is 3. The lowest BCUT2D eigenvalue weighted by molar-refractivity contribution is -0.157. The number of hydrogen-bond donors (Lipinski definition) is 0. The molecule has 0 spiro atoms. The van der Waals surface area contributed by atoms with E-state index in [1.165, 1.54) is 6.07 Å². The Kier molecular flexibility index (Phi) is 4.51. The van der Waals surface area contributed by atoms with Crippen LogP contribution in [0.5, 0.6) is 0 Å². The van der Waals surface area contributed by atoms with Gasteiger partial charge in [-0.2, -0.15) is 18.4 Å². The van der Waals surface area contributed by atoms with Crippen molar-refractivity contribution in [1.29, 1.82) is 5.26 Å². The van der Waals surface area contributed by atoms with Crippen molar-refractivity contribution in [3.63, 3.8) is 0 Å². The molecular weight excluding hydrogens is 441 g/mol. The van der Waals surface area contributed by atoms with Gasteiger partial charge in [-0.3, -0.25) is 14.4 Å². The molecule has 5 rings (SSSR count). The van der Waals surface area contributed by atoms with Crippen LogP contribution in [-0.4, -0.2) is 35.6 Å². The summed E-state index contributed by atoms with van der Waals surface area (Å²) in [6, 6.07) is 4.22. The summed E-state index contributed by atoms with van der Waals surface area (Å²) in [6.45, 7) is 3.56. The molecule has 7 nitrogen and oxygen atoms in total. The molecule has 3 aliphatic heterocycles. The Morgan fingerprint density at radius 1 is 1.24 bits per heavy atom. The zero-order valence-corrected chi connectivity index (χ0v) is 17.9. The van der Waals surface area contributed by atoms with Crippen LogP contribution in [0.25, 0.3) is 0 Å². The molecule has 1 aromatic rings. The summed E-state index contributed by atoms with van der Waals surface area (Å²) in [5, 5.41) is 9.02. The van der Waals surface area contributed by atoms with E-state index in [0.29, 0.717) is 18.6 Å². The fourth-order valence-electron chi connectivity index (χ4n) is 5.72. The van der Waals surface area contributed by atoms with E-state index in [1.807, 2.05) is 0 Å². The molecule has 5 atom stereocenters. The number of nitriles is 1. The highest BCUT2D eigenvalue weighted by Crippen LogP contribution is 2.63. The van der Waals surface area contributed by atoms with E-state index < -0.39 is 64.0 Å². The minimum absolute atomic E-state index is 0.183. The van der Waals surface area contributed by atoms with Gasteiger partial charge in [0.15, 0.2) is 0 Å². The first kappa shape index (κ1) is 21.9. The number of ether oxygens (including phenoxy) is 2. The molecule has 0 unspecified atom stereocenters.